The van der Waals surface area contributed by atoms with Crippen molar-refractivity contribution in [2.75, 3.05) is 0 Å². The van der Waals surface area contributed by atoms with Gasteiger partial charge in [-0.25, -0.2) is 13.2 Å². The highest BCUT2D eigenvalue weighted by atomic mass is 31.2. The van der Waals surface area contributed by atoms with E-state index in [0.717, 1.165) is 6.26 Å². The third-order valence-electron chi connectivity index (χ3n) is 0.562. The SMILES string of the molecule is C=COP(O)OOC(F)C(F)F. The zero-order chi connectivity index (χ0) is 9.56. The van der Waals surface area contributed by atoms with Crippen LogP contribution in [-0.2, 0) is 14.1 Å². The van der Waals surface area contributed by atoms with Crippen LogP contribution in [0.4, 0.5) is 13.2 Å². The summed E-state index contributed by atoms with van der Waals surface area (Å²) in [6.07, 6.45) is -5.45. The summed E-state index contributed by atoms with van der Waals surface area (Å²) >= 11 is 0. The van der Waals surface area contributed by atoms with Gasteiger partial charge in [0.05, 0.1) is 6.26 Å². The van der Waals surface area contributed by atoms with Gasteiger partial charge in [-0.2, -0.15) is 4.89 Å². The van der Waals surface area contributed by atoms with Crippen LogP contribution in [0.25, 0.3) is 0 Å². The highest BCUT2D eigenvalue weighted by molar-refractivity contribution is 7.40. The van der Waals surface area contributed by atoms with E-state index in [1.807, 2.05) is 0 Å². The monoisotopic (exact) mass is 206 g/mol. The topological polar surface area (TPSA) is 47.9 Å². The molecule has 0 saturated heterocycles. The van der Waals surface area contributed by atoms with Crippen LogP contribution in [0.3, 0.4) is 0 Å². The first kappa shape index (κ1) is 11.6. The zero-order valence-corrected chi connectivity index (χ0v) is 6.59. The number of halogens is 3. The van der Waals surface area contributed by atoms with Crippen LogP contribution >= 0.6 is 8.60 Å². The minimum atomic E-state index is -3.34. The summed E-state index contributed by atoms with van der Waals surface area (Å²) in [6, 6.07) is 0. The van der Waals surface area contributed by atoms with Gasteiger partial charge in [0.25, 0.3) is 12.8 Å². The second kappa shape index (κ2) is 6.19. The minimum Gasteiger partial charge on any atom is -0.434 e. The van der Waals surface area contributed by atoms with E-state index in [1.165, 1.54) is 0 Å². The average molecular weight is 206 g/mol. The molecule has 2 atom stereocenters. The molecule has 0 aromatic rings. The Bertz CT molecular complexity index is 135. The highest BCUT2D eigenvalue weighted by Crippen LogP contribution is 2.34. The highest BCUT2D eigenvalue weighted by Gasteiger charge is 2.23. The van der Waals surface area contributed by atoms with Crippen LogP contribution in [0.5, 0.6) is 0 Å². The standard InChI is InChI=1S/C4H6F3O4P/c1-2-9-12(8)11-10-4(7)3(5)6/h2-4,8H,1H2. The van der Waals surface area contributed by atoms with Gasteiger partial charge in [-0.3, -0.25) is 0 Å². The molecule has 72 valence electrons. The molecule has 0 aliphatic rings. The van der Waals surface area contributed by atoms with Crippen LogP contribution < -0.4 is 0 Å². The van der Waals surface area contributed by atoms with Crippen LogP contribution in [-0.4, -0.2) is 17.7 Å². The molecule has 0 heterocycles. The number of hydrogen-bond donors (Lipinski definition) is 1. The fourth-order valence-electron chi connectivity index (χ4n) is 0.201. The van der Waals surface area contributed by atoms with Gasteiger partial charge in [0, 0.05) is 0 Å². The Kier molecular flexibility index (Phi) is 6.00. The van der Waals surface area contributed by atoms with E-state index < -0.39 is 21.4 Å². The van der Waals surface area contributed by atoms with E-state index in [9.17, 15) is 13.2 Å². The van der Waals surface area contributed by atoms with Crippen molar-refractivity contribution in [1.29, 1.82) is 0 Å². The van der Waals surface area contributed by atoms with Gasteiger partial charge >= 0.3 is 8.60 Å². The lowest BCUT2D eigenvalue weighted by atomic mass is 10.7. The molecule has 4 nitrogen and oxygen atoms in total. The van der Waals surface area contributed by atoms with Crippen molar-refractivity contribution >= 4 is 8.60 Å². The maximum atomic E-state index is 11.8. The molecule has 0 fully saturated rings. The molecule has 0 bridgehead atoms. The van der Waals surface area contributed by atoms with E-state index in [-0.39, 0.29) is 0 Å². The Balaban J connectivity index is 3.46. The first-order chi connectivity index (χ1) is 5.57. The first-order valence-corrected chi connectivity index (χ1v) is 3.73. The van der Waals surface area contributed by atoms with Crippen molar-refractivity contribution in [3.63, 3.8) is 0 Å². The zero-order valence-electron chi connectivity index (χ0n) is 5.69. The van der Waals surface area contributed by atoms with E-state index >= 15 is 0 Å². The summed E-state index contributed by atoms with van der Waals surface area (Å²) in [5.41, 5.74) is 0. The van der Waals surface area contributed by atoms with E-state index in [4.69, 9.17) is 4.89 Å². The first-order valence-electron chi connectivity index (χ1n) is 2.60. The second-order valence-corrected chi connectivity index (χ2v) is 2.20. The van der Waals surface area contributed by atoms with Gasteiger partial charge in [0.15, 0.2) is 0 Å². The third-order valence-corrected chi connectivity index (χ3v) is 1.10. The van der Waals surface area contributed by atoms with E-state index in [2.05, 4.69) is 20.7 Å². The number of alkyl halides is 3. The number of rotatable bonds is 6. The molecule has 8 heteroatoms. The van der Waals surface area contributed by atoms with E-state index in [1.54, 1.807) is 0 Å². The van der Waals surface area contributed by atoms with Crippen LogP contribution in [0, 0.1) is 0 Å². The fraction of sp³-hybridized carbons (Fsp3) is 0.500. The van der Waals surface area contributed by atoms with Crippen molar-refractivity contribution in [2.45, 2.75) is 12.8 Å². The lowest BCUT2D eigenvalue weighted by Gasteiger charge is -2.09. The van der Waals surface area contributed by atoms with Gasteiger partial charge in [0.2, 0.25) is 0 Å². The molecular weight excluding hydrogens is 200 g/mol. The average Bonchev–Trinajstić information content (AvgIpc) is 2.00. The smallest absolute Gasteiger partial charge is 0.423 e. The van der Waals surface area contributed by atoms with Crippen molar-refractivity contribution in [3.8, 4) is 0 Å². The van der Waals surface area contributed by atoms with Crippen molar-refractivity contribution < 1.29 is 32.2 Å². The summed E-state index contributed by atoms with van der Waals surface area (Å²) in [7, 11) is -2.55. The van der Waals surface area contributed by atoms with Crippen LogP contribution in [0.15, 0.2) is 12.8 Å². The molecule has 0 saturated carbocycles. The second-order valence-electron chi connectivity index (χ2n) is 1.37. The van der Waals surface area contributed by atoms with Crippen molar-refractivity contribution in [2.24, 2.45) is 0 Å². The Morgan fingerprint density at radius 3 is 2.42 bits per heavy atom. The molecule has 0 aromatic heterocycles. The largest absolute Gasteiger partial charge is 0.434 e. The molecule has 0 amide bonds. The molecule has 0 spiro atoms. The van der Waals surface area contributed by atoms with Gasteiger partial charge in [-0.1, -0.05) is 6.58 Å². The summed E-state index contributed by atoms with van der Waals surface area (Å²) < 4.78 is 42.3. The molecule has 0 aliphatic carbocycles. The maximum absolute atomic E-state index is 11.8. The van der Waals surface area contributed by atoms with Crippen LogP contribution in [0.1, 0.15) is 0 Å². The van der Waals surface area contributed by atoms with Gasteiger partial charge in [0.1, 0.15) is 0 Å². The third kappa shape index (κ3) is 5.31. The summed E-state index contributed by atoms with van der Waals surface area (Å²) in [5.74, 6) is 0. The van der Waals surface area contributed by atoms with Crippen LogP contribution in [0.2, 0.25) is 0 Å². The molecule has 12 heavy (non-hydrogen) atoms. The molecular formula is C4H6F3O4P. The molecule has 2 unspecified atom stereocenters. The maximum Gasteiger partial charge on any atom is 0.423 e. The van der Waals surface area contributed by atoms with Crippen molar-refractivity contribution in [1.82, 2.24) is 0 Å². The predicted octanol–water partition coefficient (Wildman–Crippen LogP) is 1.87. The molecule has 0 radical (unpaired) electrons. The fourth-order valence-corrected chi connectivity index (χ4v) is 0.520. The lowest BCUT2D eigenvalue weighted by Crippen LogP contribution is -2.15. The number of hydrogen-bond acceptors (Lipinski definition) is 4. The Morgan fingerprint density at radius 2 is 2.00 bits per heavy atom. The summed E-state index contributed by atoms with van der Waals surface area (Å²) in [5, 5.41) is 0. The van der Waals surface area contributed by atoms with Gasteiger partial charge < -0.3 is 9.42 Å². The Labute approximate surface area is 67.5 Å². The lowest BCUT2D eigenvalue weighted by molar-refractivity contribution is -0.314. The normalized spacial score (nSPS) is 15.8. The predicted molar refractivity (Wildman–Crippen MR) is 33.5 cm³/mol. The quantitative estimate of drug-likeness (QED) is 0.312. The minimum absolute atomic E-state index is 0.796. The Hall–Kier alpha value is -0.360. The summed E-state index contributed by atoms with van der Waals surface area (Å²) in [4.78, 5) is 11.9. The van der Waals surface area contributed by atoms with E-state index in [0.29, 0.717) is 0 Å². The Morgan fingerprint density at radius 1 is 1.42 bits per heavy atom. The van der Waals surface area contributed by atoms with Gasteiger partial charge in [-0.05, 0) is 0 Å². The molecule has 0 aromatic carbocycles. The molecule has 0 aliphatic heterocycles. The molecule has 1 N–H and O–H groups in total. The summed E-state index contributed by atoms with van der Waals surface area (Å²) in [6.45, 7) is 3.02. The molecule has 0 rings (SSSR count). The van der Waals surface area contributed by atoms with Gasteiger partial charge in [-0.15, -0.1) is 4.67 Å². The van der Waals surface area contributed by atoms with Crippen molar-refractivity contribution in [3.05, 3.63) is 12.8 Å².